The van der Waals surface area contributed by atoms with Gasteiger partial charge < -0.3 is 9.64 Å². The van der Waals surface area contributed by atoms with Gasteiger partial charge in [-0.3, -0.25) is 9.78 Å². The summed E-state index contributed by atoms with van der Waals surface area (Å²) in [6.07, 6.45) is 6.97. The molecule has 2 aromatic rings. The predicted octanol–water partition coefficient (Wildman–Crippen LogP) is 2.52. The van der Waals surface area contributed by atoms with Gasteiger partial charge in [-0.2, -0.15) is 0 Å². The lowest BCUT2D eigenvalue weighted by molar-refractivity contribution is 0.0735. The summed E-state index contributed by atoms with van der Waals surface area (Å²) in [5, 5.41) is 0. The number of nitrogens with one attached hydrogen (secondary N) is 1. The Morgan fingerprint density at radius 3 is 2.76 bits per heavy atom. The molecule has 1 aromatic carbocycles. The predicted molar refractivity (Wildman–Crippen MR) is 108 cm³/mol. The van der Waals surface area contributed by atoms with E-state index >= 15 is 0 Å². The summed E-state index contributed by atoms with van der Waals surface area (Å²) < 4.78 is 33.4. The fraction of sp³-hybridized carbons (Fsp3) is 0.429. The summed E-state index contributed by atoms with van der Waals surface area (Å²) in [6, 6.07) is 10.1. The molecule has 0 bridgehead atoms. The molecule has 0 spiro atoms. The molecule has 1 amide bonds. The number of carbonyl (C=O) groups excluding carboxylic acids is 1. The van der Waals surface area contributed by atoms with Crippen LogP contribution in [-0.4, -0.2) is 50.0 Å². The Balaban J connectivity index is 1.51. The molecule has 2 saturated heterocycles. The maximum absolute atomic E-state index is 13.2. The second-order valence-electron chi connectivity index (χ2n) is 7.45. The lowest BCUT2D eigenvalue weighted by atomic mass is 10.1. The first-order valence-electron chi connectivity index (χ1n) is 9.97. The summed E-state index contributed by atoms with van der Waals surface area (Å²) in [5.41, 5.74) is 1.43. The van der Waals surface area contributed by atoms with Gasteiger partial charge in [0, 0.05) is 37.7 Å². The van der Waals surface area contributed by atoms with Crippen LogP contribution in [0, 0.1) is 0 Å². The molecule has 29 heavy (non-hydrogen) atoms. The first-order valence-corrected chi connectivity index (χ1v) is 11.5. The van der Waals surface area contributed by atoms with Crippen molar-refractivity contribution in [1.82, 2.24) is 14.6 Å². The van der Waals surface area contributed by atoms with Crippen molar-refractivity contribution in [1.29, 1.82) is 0 Å². The summed E-state index contributed by atoms with van der Waals surface area (Å²) >= 11 is 0. The van der Waals surface area contributed by atoms with E-state index in [2.05, 4.69) is 9.71 Å². The van der Waals surface area contributed by atoms with Gasteiger partial charge in [0.1, 0.15) is 0 Å². The van der Waals surface area contributed by atoms with Crippen molar-refractivity contribution in [3.63, 3.8) is 0 Å². The zero-order valence-electron chi connectivity index (χ0n) is 16.2. The van der Waals surface area contributed by atoms with Gasteiger partial charge in [-0.15, -0.1) is 0 Å². The fourth-order valence-corrected chi connectivity index (χ4v) is 5.11. The second-order valence-corrected chi connectivity index (χ2v) is 9.22. The Labute approximate surface area is 171 Å². The van der Waals surface area contributed by atoms with Gasteiger partial charge in [-0.05, 0) is 61.6 Å². The van der Waals surface area contributed by atoms with Crippen LogP contribution in [-0.2, 0) is 14.8 Å². The molecule has 1 N–H and O–H groups in total. The zero-order valence-corrected chi connectivity index (χ0v) is 17.0. The van der Waals surface area contributed by atoms with Crippen LogP contribution in [0.15, 0.2) is 53.7 Å². The number of amides is 1. The van der Waals surface area contributed by atoms with Gasteiger partial charge >= 0.3 is 0 Å². The molecule has 0 radical (unpaired) electrons. The number of nitrogens with zero attached hydrogens (tertiary/aromatic N) is 2. The Morgan fingerprint density at radius 2 is 2.00 bits per heavy atom. The minimum Gasteiger partial charge on any atom is -0.377 e. The number of rotatable bonds is 6. The minimum absolute atomic E-state index is 0.0107. The Hall–Kier alpha value is -2.29. The van der Waals surface area contributed by atoms with E-state index in [-0.39, 0.29) is 29.5 Å². The lowest BCUT2D eigenvalue weighted by Gasteiger charge is -2.25. The van der Waals surface area contributed by atoms with Gasteiger partial charge in [-0.1, -0.05) is 6.07 Å². The molecule has 4 rings (SSSR count). The van der Waals surface area contributed by atoms with Gasteiger partial charge in [0.2, 0.25) is 10.0 Å². The number of hydrogen-bond acceptors (Lipinski definition) is 5. The van der Waals surface area contributed by atoms with Crippen molar-refractivity contribution in [2.45, 2.75) is 42.7 Å². The van der Waals surface area contributed by atoms with E-state index in [1.165, 1.54) is 12.1 Å². The van der Waals surface area contributed by atoms with E-state index < -0.39 is 10.0 Å². The molecule has 1 aromatic heterocycles. The van der Waals surface area contributed by atoms with Gasteiger partial charge in [0.05, 0.1) is 17.0 Å². The topological polar surface area (TPSA) is 88.6 Å². The van der Waals surface area contributed by atoms with E-state index in [9.17, 15) is 13.2 Å². The molecule has 7 nitrogen and oxygen atoms in total. The Morgan fingerprint density at radius 1 is 1.17 bits per heavy atom. The molecular weight excluding hydrogens is 390 g/mol. The average Bonchev–Trinajstić information content (AvgIpc) is 3.44. The molecule has 2 aliphatic rings. The molecule has 154 valence electrons. The number of likely N-dealkylation sites (tertiary alicyclic amines) is 1. The highest BCUT2D eigenvalue weighted by atomic mass is 32.2. The molecule has 2 aliphatic heterocycles. The number of hydrogen-bond donors (Lipinski definition) is 1. The third-order valence-electron chi connectivity index (χ3n) is 5.52. The largest absolute Gasteiger partial charge is 0.377 e. The van der Waals surface area contributed by atoms with Crippen LogP contribution in [0.5, 0.6) is 0 Å². The number of sulfonamides is 1. The van der Waals surface area contributed by atoms with Crippen LogP contribution in [0.1, 0.15) is 47.6 Å². The highest BCUT2D eigenvalue weighted by Gasteiger charge is 2.31. The van der Waals surface area contributed by atoms with E-state index in [0.717, 1.165) is 31.2 Å². The summed E-state index contributed by atoms with van der Waals surface area (Å²) in [4.78, 5) is 19.1. The van der Waals surface area contributed by atoms with E-state index in [1.807, 2.05) is 17.0 Å². The van der Waals surface area contributed by atoms with Crippen LogP contribution in [0.4, 0.5) is 0 Å². The van der Waals surface area contributed by atoms with Crippen LogP contribution >= 0.6 is 0 Å². The molecule has 0 aliphatic carbocycles. The molecular formula is C21H25N3O4S. The van der Waals surface area contributed by atoms with Crippen molar-refractivity contribution in [2.75, 3.05) is 19.7 Å². The third kappa shape index (κ3) is 4.49. The average molecular weight is 416 g/mol. The summed E-state index contributed by atoms with van der Waals surface area (Å²) in [6.45, 7) is 1.57. The molecule has 2 unspecified atom stereocenters. The number of aromatic nitrogens is 1. The van der Waals surface area contributed by atoms with Gasteiger partial charge in [0.25, 0.3) is 5.91 Å². The van der Waals surface area contributed by atoms with Crippen LogP contribution in [0.25, 0.3) is 0 Å². The fourth-order valence-electron chi connectivity index (χ4n) is 4.00. The smallest absolute Gasteiger partial charge is 0.254 e. The van der Waals surface area contributed by atoms with Gasteiger partial charge in [-0.25, -0.2) is 13.1 Å². The zero-order chi connectivity index (χ0) is 20.3. The van der Waals surface area contributed by atoms with Gasteiger partial charge in [0.15, 0.2) is 0 Å². The quantitative estimate of drug-likeness (QED) is 0.783. The standard InChI is InChI=1S/C21H25N3O4S/c25-21(24-12-2-7-20(24)16-8-10-22-11-9-16)17-4-1-6-19(14-17)29(26,27)23-15-18-5-3-13-28-18/h1,4,6,8-11,14,18,20,23H,2-3,5,7,12-13,15H2. The monoisotopic (exact) mass is 415 g/mol. The highest BCUT2D eigenvalue weighted by Crippen LogP contribution is 2.33. The van der Waals surface area contributed by atoms with Crippen LogP contribution < -0.4 is 4.72 Å². The van der Waals surface area contributed by atoms with Crippen molar-refractivity contribution >= 4 is 15.9 Å². The maximum Gasteiger partial charge on any atom is 0.254 e. The van der Waals surface area contributed by atoms with Crippen LogP contribution in [0.3, 0.4) is 0 Å². The molecule has 2 atom stereocenters. The third-order valence-corrected chi connectivity index (χ3v) is 6.94. The molecule has 8 heteroatoms. The summed E-state index contributed by atoms with van der Waals surface area (Å²) in [7, 11) is -3.70. The second kappa shape index (κ2) is 8.61. The SMILES string of the molecule is O=C(c1cccc(S(=O)(=O)NCC2CCCO2)c1)N1CCCC1c1ccncc1. The molecule has 3 heterocycles. The lowest BCUT2D eigenvalue weighted by Crippen LogP contribution is -2.32. The van der Waals surface area contributed by atoms with Crippen molar-refractivity contribution < 1.29 is 17.9 Å². The minimum atomic E-state index is -3.70. The maximum atomic E-state index is 13.2. The Bertz CT molecular complexity index is 959. The van der Waals surface area contributed by atoms with Crippen molar-refractivity contribution in [3.05, 3.63) is 59.9 Å². The van der Waals surface area contributed by atoms with Crippen molar-refractivity contribution in [2.24, 2.45) is 0 Å². The van der Waals surface area contributed by atoms with E-state index in [1.54, 1.807) is 24.5 Å². The first-order chi connectivity index (χ1) is 14.0. The first kappa shape index (κ1) is 20.0. The summed E-state index contributed by atoms with van der Waals surface area (Å²) in [5.74, 6) is -0.152. The van der Waals surface area contributed by atoms with E-state index in [0.29, 0.717) is 18.7 Å². The number of pyridine rings is 1. The number of ether oxygens (including phenoxy) is 1. The molecule has 0 saturated carbocycles. The number of carbonyl (C=O) groups is 1. The normalized spacial score (nSPS) is 22.1. The van der Waals surface area contributed by atoms with E-state index in [4.69, 9.17) is 4.74 Å². The number of benzene rings is 1. The van der Waals surface area contributed by atoms with Crippen LogP contribution in [0.2, 0.25) is 0 Å². The Kier molecular flexibility index (Phi) is 5.94. The highest BCUT2D eigenvalue weighted by molar-refractivity contribution is 7.89. The van der Waals surface area contributed by atoms with Crippen molar-refractivity contribution in [3.8, 4) is 0 Å². The molecule has 2 fully saturated rings.